The van der Waals surface area contributed by atoms with E-state index in [1.54, 1.807) is 48.5 Å². The van der Waals surface area contributed by atoms with E-state index in [0.29, 0.717) is 22.2 Å². The highest BCUT2D eigenvalue weighted by Crippen LogP contribution is 2.33. The standard InChI is InChI=1S/C30H24Cl2N2O3/c31-24-14-8-19(16-25(24)32)9-15-28(36)20-10-12-21(13-11-20)33-17-22(35)18-37-29-7-3-6-27-30(29)23-4-1-2-5-26(23)34-27/h1-16,22,33-35H,17-18H2. The molecule has 0 aliphatic carbocycles. The van der Waals surface area contributed by atoms with Crippen molar-refractivity contribution in [2.24, 2.45) is 0 Å². The number of anilines is 1. The quantitative estimate of drug-likeness (QED) is 0.137. The number of H-pyrrole nitrogens is 1. The summed E-state index contributed by atoms with van der Waals surface area (Å²) < 4.78 is 5.99. The number of ketones is 1. The Morgan fingerprint density at radius 1 is 0.946 bits per heavy atom. The van der Waals surface area contributed by atoms with E-state index in [2.05, 4.69) is 16.4 Å². The molecule has 1 unspecified atom stereocenters. The summed E-state index contributed by atoms with van der Waals surface area (Å²) in [5.74, 6) is 0.600. The van der Waals surface area contributed by atoms with E-state index in [-0.39, 0.29) is 12.4 Å². The number of aliphatic hydroxyl groups excluding tert-OH is 1. The number of aliphatic hydroxyl groups is 1. The minimum Gasteiger partial charge on any atom is -0.490 e. The lowest BCUT2D eigenvalue weighted by molar-refractivity contribution is 0.104. The fourth-order valence-corrected chi connectivity index (χ4v) is 4.41. The number of aromatic nitrogens is 1. The van der Waals surface area contributed by atoms with E-state index in [4.69, 9.17) is 27.9 Å². The largest absolute Gasteiger partial charge is 0.490 e. The van der Waals surface area contributed by atoms with Crippen LogP contribution in [0.1, 0.15) is 15.9 Å². The second-order valence-corrected chi connectivity index (χ2v) is 9.46. The zero-order valence-corrected chi connectivity index (χ0v) is 21.3. The molecule has 1 atom stereocenters. The SMILES string of the molecule is O=C(C=Cc1ccc(Cl)c(Cl)c1)c1ccc(NCC(O)COc2cccc3[nH]c4ccccc4c23)cc1. The molecule has 3 N–H and O–H groups in total. The van der Waals surface area contributed by atoms with Gasteiger partial charge in [0, 0.05) is 34.1 Å². The Morgan fingerprint density at radius 3 is 2.54 bits per heavy atom. The number of hydrogen-bond donors (Lipinski definition) is 3. The Hall–Kier alpha value is -3.77. The molecule has 0 saturated carbocycles. The van der Waals surface area contributed by atoms with Gasteiger partial charge in [-0.25, -0.2) is 0 Å². The molecule has 0 aliphatic rings. The highest BCUT2D eigenvalue weighted by Gasteiger charge is 2.12. The molecular formula is C30H24Cl2N2O3. The summed E-state index contributed by atoms with van der Waals surface area (Å²) in [5, 5.41) is 16.7. The predicted octanol–water partition coefficient (Wildman–Crippen LogP) is 7.38. The van der Waals surface area contributed by atoms with Crippen LogP contribution < -0.4 is 10.1 Å². The first-order valence-corrected chi connectivity index (χ1v) is 12.6. The third-order valence-corrected chi connectivity index (χ3v) is 6.74. The minimum absolute atomic E-state index is 0.127. The molecule has 5 aromatic rings. The van der Waals surface area contributed by atoms with Crippen LogP contribution in [0.2, 0.25) is 10.0 Å². The first-order valence-electron chi connectivity index (χ1n) is 11.8. The predicted molar refractivity (Wildman–Crippen MR) is 152 cm³/mol. The van der Waals surface area contributed by atoms with Crippen LogP contribution in [0, 0.1) is 0 Å². The maximum absolute atomic E-state index is 12.5. The monoisotopic (exact) mass is 530 g/mol. The summed E-state index contributed by atoms with van der Waals surface area (Å²) in [7, 11) is 0. The smallest absolute Gasteiger partial charge is 0.185 e. The van der Waals surface area contributed by atoms with Crippen molar-refractivity contribution in [1.82, 2.24) is 4.98 Å². The van der Waals surface area contributed by atoms with Gasteiger partial charge in [0.25, 0.3) is 0 Å². The van der Waals surface area contributed by atoms with Crippen molar-refractivity contribution < 1.29 is 14.6 Å². The third kappa shape index (κ3) is 5.81. The summed E-state index contributed by atoms with van der Waals surface area (Å²) in [4.78, 5) is 15.9. The topological polar surface area (TPSA) is 74.3 Å². The van der Waals surface area contributed by atoms with Crippen LogP contribution in [0.4, 0.5) is 5.69 Å². The average Bonchev–Trinajstić information content (AvgIpc) is 3.31. The molecule has 186 valence electrons. The van der Waals surface area contributed by atoms with Crippen molar-refractivity contribution in [2.45, 2.75) is 6.10 Å². The summed E-state index contributed by atoms with van der Waals surface area (Å²) in [5.41, 5.74) is 4.17. The van der Waals surface area contributed by atoms with Crippen molar-refractivity contribution in [3.8, 4) is 5.75 Å². The molecule has 0 fully saturated rings. The Balaban J connectivity index is 1.15. The number of ether oxygens (including phenoxy) is 1. The number of benzene rings is 4. The zero-order chi connectivity index (χ0) is 25.8. The first kappa shape index (κ1) is 24.9. The molecular weight excluding hydrogens is 507 g/mol. The van der Waals surface area contributed by atoms with Crippen LogP contribution >= 0.6 is 23.2 Å². The minimum atomic E-state index is -0.726. The van der Waals surface area contributed by atoms with Gasteiger partial charge in [-0.15, -0.1) is 0 Å². The van der Waals surface area contributed by atoms with Gasteiger partial charge in [-0.1, -0.05) is 59.6 Å². The second kappa shape index (κ2) is 11.1. The van der Waals surface area contributed by atoms with Gasteiger partial charge in [0.1, 0.15) is 18.5 Å². The zero-order valence-electron chi connectivity index (χ0n) is 19.7. The van der Waals surface area contributed by atoms with Gasteiger partial charge in [-0.3, -0.25) is 4.79 Å². The molecule has 4 aromatic carbocycles. The van der Waals surface area contributed by atoms with E-state index in [0.717, 1.165) is 38.8 Å². The van der Waals surface area contributed by atoms with E-state index < -0.39 is 6.10 Å². The Labute approximate surface area is 224 Å². The summed E-state index contributed by atoms with van der Waals surface area (Å²) in [6, 6.07) is 26.2. The van der Waals surface area contributed by atoms with Crippen molar-refractivity contribution in [3.63, 3.8) is 0 Å². The lowest BCUT2D eigenvalue weighted by atomic mass is 10.1. The number of nitrogens with one attached hydrogen (secondary N) is 2. The normalized spacial score (nSPS) is 12.3. The van der Waals surface area contributed by atoms with Gasteiger partial charge in [0.15, 0.2) is 5.78 Å². The molecule has 0 spiro atoms. The number of hydrogen-bond acceptors (Lipinski definition) is 4. The Bertz CT molecular complexity index is 1590. The van der Waals surface area contributed by atoms with Crippen molar-refractivity contribution in [2.75, 3.05) is 18.5 Å². The fraction of sp³-hybridized carbons (Fsp3) is 0.100. The van der Waals surface area contributed by atoms with Gasteiger partial charge >= 0.3 is 0 Å². The molecule has 5 rings (SSSR count). The van der Waals surface area contributed by atoms with Crippen LogP contribution in [-0.4, -0.2) is 35.1 Å². The highest BCUT2D eigenvalue weighted by molar-refractivity contribution is 6.42. The second-order valence-electron chi connectivity index (χ2n) is 8.64. The number of carbonyl (C=O) groups is 1. The van der Waals surface area contributed by atoms with Crippen LogP contribution in [0.15, 0.2) is 91.0 Å². The molecule has 1 aromatic heterocycles. The highest BCUT2D eigenvalue weighted by atomic mass is 35.5. The average molecular weight is 531 g/mol. The number of carbonyl (C=O) groups excluding carboxylic acids is 1. The fourth-order valence-electron chi connectivity index (χ4n) is 4.11. The Morgan fingerprint density at radius 2 is 1.73 bits per heavy atom. The lowest BCUT2D eigenvalue weighted by Crippen LogP contribution is -2.26. The van der Waals surface area contributed by atoms with Gasteiger partial charge in [-0.05, 0) is 66.2 Å². The first-order chi connectivity index (χ1) is 18.0. The van der Waals surface area contributed by atoms with Crippen LogP contribution in [0.3, 0.4) is 0 Å². The van der Waals surface area contributed by atoms with E-state index in [9.17, 15) is 9.90 Å². The number of allylic oxidation sites excluding steroid dienone is 1. The molecule has 0 saturated heterocycles. The Kier molecular flexibility index (Phi) is 7.47. The molecule has 5 nitrogen and oxygen atoms in total. The number of rotatable bonds is 9. The maximum atomic E-state index is 12.5. The molecule has 0 radical (unpaired) electrons. The molecule has 7 heteroatoms. The number of halogens is 2. The third-order valence-electron chi connectivity index (χ3n) is 6.01. The molecule has 0 bridgehead atoms. The van der Waals surface area contributed by atoms with Crippen molar-refractivity contribution in [3.05, 3.63) is 112 Å². The van der Waals surface area contributed by atoms with Crippen LogP contribution in [-0.2, 0) is 0 Å². The molecule has 1 heterocycles. The van der Waals surface area contributed by atoms with Crippen molar-refractivity contribution in [1.29, 1.82) is 0 Å². The lowest BCUT2D eigenvalue weighted by Gasteiger charge is -2.15. The van der Waals surface area contributed by atoms with Gasteiger partial charge in [-0.2, -0.15) is 0 Å². The van der Waals surface area contributed by atoms with E-state index in [1.165, 1.54) is 6.08 Å². The van der Waals surface area contributed by atoms with Gasteiger partial charge < -0.3 is 20.1 Å². The summed E-state index contributed by atoms with van der Waals surface area (Å²) in [6.45, 7) is 0.441. The summed E-state index contributed by atoms with van der Waals surface area (Å²) in [6.07, 6.45) is 2.47. The van der Waals surface area contributed by atoms with Crippen LogP contribution in [0.25, 0.3) is 27.9 Å². The number of aromatic amines is 1. The van der Waals surface area contributed by atoms with Gasteiger partial charge in [0.2, 0.25) is 0 Å². The molecule has 0 amide bonds. The van der Waals surface area contributed by atoms with E-state index in [1.807, 2.05) is 36.4 Å². The number of para-hydroxylation sites is 1. The van der Waals surface area contributed by atoms with Crippen LogP contribution in [0.5, 0.6) is 5.75 Å². The molecule has 0 aliphatic heterocycles. The summed E-state index contributed by atoms with van der Waals surface area (Å²) >= 11 is 11.9. The molecule has 37 heavy (non-hydrogen) atoms. The van der Waals surface area contributed by atoms with Gasteiger partial charge in [0.05, 0.1) is 15.6 Å². The maximum Gasteiger partial charge on any atom is 0.185 e. The van der Waals surface area contributed by atoms with E-state index >= 15 is 0 Å². The van der Waals surface area contributed by atoms with Crippen molar-refractivity contribution >= 4 is 62.6 Å². The number of fused-ring (bicyclic) bond motifs is 3.